The minimum Gasteiger partial charge on any atom is -0.354 e. The van der Waals surface area contributed by atoms with Crippen LogP contribution < -0.4 is 10.6 Å². The van der Waals surface area contributed by atoms with Crippen molar-refractivity contribution in [2.45, 2.75) is 51.3 Å². The first-order valence-electron chi connectivity index (χ1n) is 6.71. The standard InChI is InChI=1S/C13H26N2OS/c1-10(2)15-13(16)6-9-17-11(3)12-4-7-14-8-5-12/h10-12,14H,4-9H2,1-3H3,(H,15,16). The van der Waals surface area contributed by atoms with Gasteiger partial charge in [0.05, 0.1) is 0 Å². The van der Waals surface area contributed by atoms with Gasteiger partial charge in [0.1, 0.15) is 0 Å². The number of piperidine rings is 1. The van der Waals surface area contributed by atoms with Gasteiger partial charge in [-0.15, -0.1) is 0 Å². The highest BCUT2D eigenvalue weighted by Gasteiger charge is 2.20. The van der Waals surface area contributed by atoms with E-state index < -0.39 is 0 Å². The van der Waals surface area contributed by atoms with Crippen molar-refractivity contribution in [2.24, 2.45) is 5.92 Å². The van der Waals surface area contributed by atoms with Crippen molar-refractivity contribution >= 4 is 17.7 Å². The quantitative estimate of drug-likeness (QED) is 0.766. The Kier molecular flexibility index (Phi) is 6.97. The summed E-state index contributed by atoms with van der Waals surface area (Å²) < 4.78 is 0. The molecule has 0 aromatic rings. The Morgan fingerprint density at radius 2 is 2.00 bits per heavy atom. The van der Waals surface area contributed by atoms with Gasteiger partial charge in [-0.05, 0) is 45.7 Å². The van der Waals surface area contributed by atoms with Gasteiger partial charge in [-0.3, -0.25) is 4.79 Å². The molecule has 0 bridgehead atoms. The van der Waals surface area contributed by atoms with Crippen molar-refractivity contribution in [3.63, 3.8) is 0 Å². The maximum Gasteiger partial charge on any atom is 0.221 e. The van der Waals surface area contributed by atoms with E-state index in [2.05, 4.69) is 17.6 Å². The number of carbonyl (C=O) groups is 1. The first-order valence-corrected chi connectivity index (χ1v) is 7.76. The number of amides is 1. The fraction of sp³-hybridized carbons (Fsp3) is 0.923. The van der Waals surface area contributed by atoms with Crippen LogP contribution in [-0.2, 0) is 4.79 Å². The van der Waals surface area contributed by atoms with Crippen molar-refractivity contribution in [3.8, 4) is 0 Å². The summed E-state index contributed by atoms with van der Waals surface area (Å²) in [6.45, 7) is 8.62. The van der Waals surface area contributed by atoms with Crippen molar-refractivity contribution in [1.82, 2.24) is 10.6 Å². The number of rotatable bonds is 6. The minimum absolute atomic E-state index is 0.185. The third-order valence-corrected chi connectivity index (χ3v) is 4.56. The van der Waals surface area contributed by atoms with Gasteiger partial charge >= 0.3 is 0 Å². The molecule has 1 saturated heterocycles. The molecule has 1 rings (SSSR count). The number of thioether (sulfide) groups is 1. The molecule has 4 heteroatoms. The summed E-state index contributed by atoms with van der Waals surface area (Å²) in [6, 6.07) is 0.259. The Labute approximate surface area is 109 Å². The van der Waals surface area contributed by atoms with Crippen LogP contribution in [0.5, 0.6) is 0 Å². The Hall–Kier alpha value is -0.220. The van der Waals surface area contributed by atoms with Crippen LogP contribution in [0.2, 0.25) is 0 Å². The molecule has 0 radical (unpaired) electrons. The van der Waals surface area contributed by atoms with Crippen molar-refractivity contribution in [1.29, 1.82) is 0 Å². The molecule has 0 aromatic heterocycles. The van der Waals surface area contributed by atoms with Gasteiger partial charge < -0.3 is 10.6 Å². The first-order chi connectivity index (χ1) is 8.09. The molecule has 1 atom stereocenters. The largest absolute Gasteiger partial charge is 0.354 e. The summed E-state index contributed by atoms with van der Waals surface area (Å²) in [5.41, 5.74) is 0. The predicted molar refractivity (Wildman–Crippen MR) is 75.4 cm³/mol. The Morgan fingerprint density at radius 3 is 2.59 bits per heavy atom. The van der Waals surface area contributed by atoms with Gasteiger partial charge in [0.25, 0.3) is 0 Å². The average molecular weight is 258 g/mol. The lowest BCUT2D eigenvalue weighted by molar-refractivity contribution is -0.121. The molecule has 17 heavy (non-hydrogen) atoms. The van der Waals surface area contributed by atoms with Crippen LogP contribution in [0.4, 0.5) is 0 Å². The summed E-state index contributed by atoms with van der Waals surface area (Å²) in [7, 11) is 0. The smallest absolute Gasteiger partial charge is 0.221 e. The second-order valence-corrected chi connectivity index (χ2v) is 6.62. The van der Waals surface area contributed by atoms with Gasteiger partial charge in [0.15, 0.2) is 0 Å². The molecule has 0 saturated carbocycles. The van der Waals surface area contributed by atoms with E-state index in [0.29, 0.717) is 11.7 Å². The Bertz CT molecular complexity index is 227. The van der Waals surface area contributed by atoms with E-state index in [-0.39, 0.29) is 11.9 Å². The maximum atomic E-state index is 11.5. The monoisotopic (exact) mass is 258 g/mol. The van der Waals surface area contributed by atoms with Crippen LogP contribution in [0.1, 0.15) is 40.0 Å². The van der Waals surface area contributed by atoms with Crippen LogP contribution >= 0.6 is 11.8 Å². The molecule has 1 fully saturated rings. The van der Waals surface area contributed by atoms with E-state index in [4.69, 9.17) is 0 Å². The normalized spacial score (nSPS) is 19.3. The van der Waals surface area contributed by atoms with Gasteiger partial charge in [-0.25, -0.2) is 0 Å². The minimum atomic E-state index is 0.185. The molecule has 2 N–H and O–H groups in total. The Balaban J connectivity index is 2.10. The van der Waals surface area contributed by atoms with E-state index in [9.17, 15) is 4.79 Å². The topological polar surface area (TPSA) is 41.1 Å². The highest BCUT2D eigenvalue weighted by Crippen LogP contribution is 2.26. The van der Waals surface area contributed by atoms with Crippen molar-refractivity contribution in [3.05, 3.63) is 0 Å². The van der Waals surface area contributed by atoms with Crippen LogP contribution in [0.3, 0.4) is 0 Å². The highest BCUT2D eigenvalue weighted by atomic mass is 32.2. The maximum absolute atomic E-state index is 11.5. The highest BCUT2D eigenvalue weighted by molar-refractivity contribution is 7.99. The zero-order valence-corrected chi connectivity index (χ0v) is 12.1. The molecule has 1 heterocycles. The van der Waals surface area contributed by atoms with Crippen molar-refractivity contribution < 1.29 is 4.79 Å². The molecule has 1 unspecified atom stereocenters. The van der Waals surface area contributed by atoms with E-state index >= 15 is 0 Å². The molecule has 0 aliphatic carbocycles. The van der Waals surface area contributed by atoms with Gasteiger partial charge in [-0.2, -0.15) is 11.8 Å². The van der Waals surface area contributed by atoms with Gasteiger partial charge in [0.2, 0.25) is 5.91 Å². The van der Waals surface area contributed by atoms with Crippen LogP contribution in [0, 0.1) is 5.92 Å². The number of hydrogen-bond acceptors (Lipinski definition) is 3. The van der Waals surface area contributed by atoms with E-state index in [0.717, 1.165) is 24.8 Å². The van der Waals surface area contributed by atoms with E-state index in [1.165, 1.54) is 12.8 Å². The molecule has 0 aromatic carbocycles. The first kappa shape index (κ1) is 14.8. The molecule has 100 valence electrons. The summed E-state index contributed by atoms with van der Waals surface area (Å²) in [5, 5.41) is 7.01. The zero-order valence-electron chi connectivity index (χ0n) is 11.3. The molecule has 3 nitrogen and oxygen atoms in total. The van der Waals surface area contributed by atoms with Crippen LogP contribution in [0.25, 0.3) is 0 Å². The zero-order chi connectivity index (χ0) is 12.7. The predicted octanol–water partition coefficient (Wildman–Crippen LogP) is 2.02. The SMILES string of the molecule is CC(C)NC(=O)CCSC(C)C1CCNCC1. The van der Waals surface area contributed by atoms with Gasteiger partial charge in [0, 0.05) is 23.5 Å². The van der Waals surface area contributed by atoms with Crippen LogP contribution in [-0.4, -0.2) is 36.0 Å². The molecular formula is C13H26N2OS. The molecule has 0 spiro atoms. The lowest BCUT2D eigenvalue weighted by Crippen LogP contribution is -2.32. The third-order valence-electron chi connectivity index (χ3n) is 3.21. The molecular weight excluding hydrogens is 232 g/mol. The lowest BCUT2D eigenvalue weighted by Gasteiger charge is -2.27. The molecule has 1 amide bonds. The number of nitrogens with one attached hydrogen (secondary N) is 2. The van der Waals surface area contributed by atoms with Crippen molar-refractivity contribution in [2.75, 3.05) is 18.8 Å². The number of hydrogen-bond donors (Lipinski definition) is 2. The molecule has 1 aliphatic rings. The average Bonchev–Trinajstić information content (AvgIpc) is 2.29. The molecule has 1 aliphatic heterocycles. The van der Waals surface area contributed by atoms with E-state index in [1.54, 1.807) is 0 Å². The van der Waals surface area contributed by atoms with E-state index in [1.807, 2.05) is 25.6 Å². The Morgan fingerprint density at radius 1 is 1.35 bits per heavy atom. The second-order valence-electron chi connectivity index (χ2n) is 5.14. The van der Waals surface area contributed by atoms with Gasteiger partial charge in [-0.1, -0.05) is 6.92 Å². The lowest BCUT2D eigenvalue weighted by atomic mass is 9.95. The number of carbonyl (C=O) groups excluding carboxylic acids is 1. The summed E-state index contributed by atoms with van der Waals surface area (Å²) in [5.74, 6) is 1.96. The van der Waals surface area contributed by atoms with Crippen LogP contribution in [0.15, 0.2) is 0 Å². The second kappa shape index (κ2) is 7.98. The summed E-state index contributed by atoms with van der Waals surface area (Å²) >= 11 is 1.95. The fourth-order valence-corrected chi connectivity index (χ4v) is 3.40. The summed E-state index contributed by atoms with van der Waals surface area (Å²) in [6.07, 6.45) is 3.22. The fourth-order valence-electron chi connectivity index (χ4n) is 2.18. The third kappa shape index (κ3) is 6.32. The summed E-state index contributed by atoms with van der Waals surface area (Å²) in [4.78, 5) is 11.5.